The molecule has 0 aliphatic heterocycles. The molecule has 0 bridgehead atoms. The molecule has 9 heavy (non-hydrogen) atoms. The molecule has 0 aromatic rings. The summed E-state index contributed by atoms with van der Waals surface area (Å²) in [5.41, 5.74) is 8.24. The van der Waals surface area contributed by atoms with Gasteiger partial charge < -0.3 is 5.73 Å². The van der Waals surface area contributed by atoms with Gasteiger partial charge in [0.15, 0.2) is 0 Å². The van der Waals surface area contributed by atoms with Crippen molar-refractivity contribution in [1.29, 1.82) is 0 Å². The Balaban J connectivity index is 4.47. The van der Waals surface area contributed by atoms with Crippen molar-refractivity contribution in [3.63, 3.8) is 0 Å². The molecule has 0 radical (unpaired) electrons. The van der Waals surface area contributed by atoms with E-state index in [1.807, 2.05) is 13.8 Å². The van der Waals surface area contributed by atoms with E-state index in [9.17, 15) is 0 Å². The predicted octanol–water partition coefficient (Wildman–Crippen LogP) is 1.98. The first-order valence-electron chi connectivity index (χ1n) is 2.84. The highest BCUT2D eigenvalue weighted by Crippen LogP contribution is 2.07. The first-order chi connectivity index (χ1) is 4.09. The number of hydrogen-bond donors (Lipinski definition) is 1. The van der Waals surface area contributed by atoms with Gasteiger partial charge in [0, 0.05) is 5.70 Å². The fourth-order valence-corrected chi connectivity index (χ4v) is 0.399. The van der Waals surface area contributed by atoms with Gasteiger partial charge in [-0.05, 0) is 25.5 Å². The Kier molecular flexibility index (Phi) is 2.79. The largest absolute Gasteiger partial charge is 0.399 e. The normalized spacial score (nSPS) is 12.2. The van der Waals surface area contributed by atoms with Gasteiger partial charge in [0.25, 0.3) is 0 Å². The molecule has 0 fully saturated rings. The Labute approximate surface area is 56.6 Å². The minimum Gasteiger partial charge on any atom is -0.399 e. The summed E-state index contributed by atoms with van der Waals surface area (Å²) in [4.78, 5) is 0. The molecule has 0 saturated heterocycles. The lowest BCUT2D eigenvalue weighted by molar-refractivity contribution is 1.26. The lowest BCUT2D eigenvalue weighted by atomic mass is 10.1. The second-order valence-corrected chi connectivity index (χ2v) is 2.06. The molecule has 0 heterocycles. The molecule has 1 nitrogen and oxygen atoms in total. The average Bonchev–Trinajstić information content (AvgIpc) is 1.84. The third-order valence-corrected chi connectivity index (χ3v) is 1.29. The van der Waals surface area contributed by atoms with E-state index in [1.165, 1.54) is 0 Å². The molecule has 0 aromatic heterocycles. The molecule has 1 heteroatoms. The van der Waals surface area contributed by atoms with Crippen LogP contribution in [0.3, 0.4) is 0 Å². The van der Waals surface area contributed by atoms with Crippen molar-refractivity contribution < 1.29 is 0 Å². The van der Waals surface area contributed by atoms with Crippen molar-refractivity contribution >= 4 is 0 Å². The zero-order valence-electron chi connectivity index (χ0n) is 6.07. The van der Waals surface area contributed by atoms with Crippen LogP contribution in [-0.4, -0.2) is 0 Å². The number of allylic oxidation sites excluding steroid dienone is 3. The summed E-state index contributed by atoms with van der Waals surface area (Å²) in [6.07, 6.45) is 1.63. The van der Waals surface area contributed by atoms with Crippen LogP contribution in [0.5, 0.6) is 0 Å². The Morgan fingerprint density at radius 2 is 1.89 bits per heavy atom. The van der Waals surface area contributed by atoms with Gasteiger partial charge in [-0.25, -0.2) is 0 Å². The maximum absolute atomic E-state index is 5.52. The van der Waals surface area contributed by atoms with E-state index in [0.717, 1.165) is 11.1 Å². The van der Waals surface area contributed by atoms with Crippen molar-refractivity contribution in [3.05, 3.63) is 36.1 Å². The molecule has 0 saturated carbocycles. The van der Waals surface area contributed by atoms with Crippen LogP contribution in [0.25, 0.3) is 0 Å². The molecule has 0 aromatic carbocycles. The highest BCUT2D eigenvalue weighted by molar-refractivity contribution is 5.33. The molecule has 0 rings (SSSR count). The van der Waals surface area contributed by atoms with Gasteiger partial charge in [-0.1, -0.05) is 18.7 Å². The van der Waals surface area contributed by atoms with Crippen molar-refractivity contribution in [3.8, 4) is 0 Å². The summed E-state index contributed by atoms with van der Waals surface area (Å²) in [5.74, 6) is 0. The van der Waals surface area contributed by atoms with Crippen molar-refractivity contribution in [2.75, 3.05) is 0 Å². The quantitative estimate of drug-likeness (QED) is 0.558. The fraction of sp³-hybridized carbons (Fsp3) is 0.250. The van der Waals surface area contributed by atoms with Crippen molar-refractivity contribution in [2.24, 2.45) is 5.73 Å². The molecule has 2 N–H and O–H groups in total. The van der Waals surface area contributed by atoms with Crippen LogP contribution in [0.2, 0.25) is 0 Å². The van der Waals surface area contributed by atoms with E-state index in [4.69, 9.17) is 5.73 Å². The van der Waals surface area contributed by atoms with E-state index < -0.39 is 0 Å². The zero-order chi connectivity index (χ0) is 7.44. The molecule has 0 atom stereocenters. The van der Waals surface area contributed by atoms with E-state index in [-0.39, 0.29) is 0 Å². The van der Waals surface area contributed by atoms with Crippen LogP contribution in [0.15, 0.2) is 36.1 Å². The minimum atomic E-state index is 0.711. The third-order valence-electron chi connectivity index (χ3n) is 1.29. The first-order valence-corrected chi connectivity index (χ1v) is 2.84. The van der Waals surface area contributed by atoms with Gasteiger partial charge in [0.1, 0.15) is 0 Å². The van der Waals surface area contributed by atoms with E-state index in [2.05, 4.69) is 13.2 Å². The number of rotatable bonds is 2. The summed E-state index contributed by atoms with van der Waals surface area (Å²) in [6.45, 7) is 11.1. The van der Waals surface area contributed by atoms with Crippen LogP contribution < -0.4 is 5.73 Å². The minimum absolute atomic E-state index is 0.711. The zero-order valence-corrected chi connectivity index (χ0v) is 6.07. The highest BCUT2D eigenvalue weighted by atomic mass is 14.6. The maximum atomic E-state index is 5.52. The highest BCUT2D eigenvalue weighted by Gasteiger charge is 1.91. The Hall–Kier alpha value is -0.980. The third kappa shape index (κ3) is 2.17. The topological polar surface area (TPSA) is 26.0 Å². The molecule has 0 aliphatic rings. The Bertz CT molecular complexity index is 163. The standard InChI is InChI=1S/C8H13N/c1-5-8(9)7(4)6(2)3/h5H,1-2,9H2,3-4H3/b8-7+. The summed E-state index contributed by atoms with van der Waals surface area (Å²) < 4.78 is 0. The van der Waals surface area contributed by atoms with Crippen LogP contribution in [0.1, 0.15) is 13.8 Å². The summed E-state index contributed by atoms with van der Waals surface area (Å²) >= 11 is 0. The van der Waals surface area contributed by atoms with Gasteiger partial charge in [-0.3, -0.25) is 0 Å². The lowest BCUT2D eigenvalue weighted by Gasteiger charge is -2.00. The molecule has 0 spiro atoms. The molecule has 50 valence electrons. The van der Waals surface area contributed by atoms with Gasteiger partial charge in [-0.15, -0.1) is 0 Å². The monoisotopic (exact) mass is 123 g/mol. The molecule has 0 aliphatic carbocycles. The lowest BCUT2D eigenvalue weighted by Crippen LogP contribution is -1.96. The first kappa shape index (κ1) is 8.02. The summed E-state index contributed by atoms with van der Waals surface area (Å²) in [6, 6.07) is 0. The average molecular weight is 123 g/mol. The predicted molar refractivity (Wildman–Crippen MR) is 41.9 cm³/mol. The van der Waals surface area contributed by atoms with Gasteiger partial charge in [-0.2, -0.15) is 0 Å². The summed E-state index contributed by atoms with van der Waals surface area (Å²) in [7, 11) is 0. The van der Waals surface area contributed by atoms with E-state index in [0.29, 0.717) is 5.70 Å². The fourth-order valence-electron chi connectivity index (χ4n) is 0.399. The van der Waals surface area contributed by atoms with Crippen molar-refractivity contribution in [2.45, 2.75) is 13.8 Å². The molecule has 0 unspecified atom stereocenters. The van der Waals surface area contributed by atoms with E-state index in [1.54, 1.807) is 6.08 Å². The number of hydrogen-bond acceptors (Lipinski definition) is 1. The van der Waals surface area contributed by atoms with Crippen LogP contribution >= 0.6 is 0 Å². The Morgan fingerprint density at radius 3 is 2.00 bits per heavy atom. The SMILES string of the molecule is C=C/C(N)=C(/C)C(=C)C. The summed E-state index contributed by atoms with van der Waals surface area (Å²) in [5, 5.41) is 0. The van der Waals surface area contributed by atoms with Gasteiger partial charge in [0.05, 0.1) is 0 Å². The van der Waals surface area contributed by atoms with E-state index >= 15 is 0 Å². The van der Waals surface area contributed by atoms with Gasteiger partial charge >= 0.3 is 0 Å². The Morgan fingerprint density at radius 1 is 1.44 bits per heavy atom. The van der Waals surface area contributed by atoms with Crippen LogP contribution in [0.4, 0.5) is 0 Å². The van der Waals surface area contributed by atoms with Crippen molar-refractivity contribution in [1.82, 2.24) is 0 Å². The maximum Gasteiger partial charge on any atom is 0.0340 e. The second kappa shape index (κ2) is 3.13. The second-order valence-electron chi connectivity index (χ2n) is 2.06. The van der Waals surface area contributed by atoms with Gasteiger partial charge in [0.2, 0.25) is 0 Å². The smallest absolute Gasteiger partial charge is 0.0340 e. The molecule has 0 amide bonds. The number of nitrogens with two attached hydrogens (primary N) is 1. The molecular formula is C8H13N. The van der Waals surface area contributed by atoms with Crippen LogP contribution in [-0.2, 0) is 0 Å². The van der Waals surface area contributed by atoms with Crippen LogP contribution in [0, 0.1) is 0 Å². The molecular weight excluding hydrogens is 110 g/mol.